The molecule has 0 spiro atoms. The first kappa shape index (κ1) is 29.3. The number of amides is 1. The number of aliphatic hydroxyl groups excluding tert-OH is 1. The van der Waals surface area contributed by atoms with Gasteiger partial charge in [0.05, 0.1) is 18.2 Å². The van der Waals surface area contributed by atoms with Crippen LogP contribution in [0.15, 0.2) is 88.8 Å². The molecule has 1 aliphatic rings. The van der Waals surface area contributed by atoms with Crippen molar-refractivity contribution in [2.75, 3.05) is 11.5 Å². The number of fused-ring (bicyclic) bond motifs is 1. The number of aromatic nitrogens is 2. The molecular formula is C33H26FN3O5S2. The number of ketones is 1. The molecule has 1 saturated heterocycles. The van der Waals surface area contributed by atoms with Crippen molar-refractivity contribution in [2.24, 2.45) is 0 Å². The zero-order chi connectivity index (χ0) is 31.0. The number of hydrogen-bond acceptors (Lipinski definition) is 9. The maximum atomic E-state index is 14.5. The summed E-state index contributed by atoms with van der Waals surface area (Å²) in [5.41, 5.74) is 1.65. The number of benzene rings is 4. The Labute approximate surface area is 260 Å². The zero-order valence-electron chi connectivity index (χ0n) is 23.7. The number of halogens is 1. The van der Waals surface area contributed by atoms with Crippen LogP contribution < -0.4 is 9.64 Å². The van der Waals surface area contributed by atoms with E-state index in [1.807, 2.05) is 24.3 Å². The highest BCUT2D eigenvalue weighted by Gasteiger charge is 2.48. The molecule has 0 saturated carbocycles. The van der Waals surface area contributed by atoms with Crippen LogP contribution in [-0.4, -0.2) is 38.7 Å². The van der Waals surface area contributed by atoms with Crippen LogP contribution in [0.5, 0.6) is 11.5 Å². The van der Waals surface area contributed by atoms with Crippen molar-refractivity contribution < 1.29 is 28.9 Å². The number of thioether (sulfide) groups is 1. The number of phenols is 1. The third-order valence-corrected chi connectivity index (χ3v) is 9.43. The van der Waals surface area contributed by atoms with E-state index in [2.05, 4.69) is 28.4 Å². The summed E-state index contributed by atoms with van der Waals surface area (Å²) in [6, 6.07) is 21.5. The quantitative estimate of drug-likeness (QED) is 0.0613. The molecule has 1 atom stereocenters. The van der Waals surface area contributed by atoms with Gasteiger partial charge in [0.25, 0.3) is 5.78 Å². The number of hydrogen-bond donors (Lipinski definition) is 2. The number of phenolic OH excluding ortho intramolecular Hbond substituents is 1. The summed E-state index contributed by atoms with van der Waals surface area (Å²) in [6.45, 7) is 3.59. The average Bonchev–Trinajstić information content (AvgIpc) is 3.60. The van der Waals surface area contributed by atoms with Crippen molar-refractivity contribution in [3.63, 3.8) is 0 Å². The number of anilines is 1. The van der Waals surface area contributed by atoms with E-state index in [4.69, 9.17) is 4.74 Å². The first-order valence-corrected chi connectivity index (χ1v) is 15.5. The van der Waals surface area contributed by atoms with E-state index >= 15 is 0 Å². The molecule has 0 bridgehead atoms. The van der Waals surface area contributed by atoms with E-state index < -0.39 is 29.3 Å². The van der Waals surface area contributed by atoms with E-state index in [-0.39, 0.29) is 34.4 Å². The van der Waals surface area contributed by atoms with Gasteiger partial charge in [0.1, 0.15) is 11.6 Å². The average molecular weight is 628 g/mol. The van der Waals surface area contributed by atoms with Crippen molar-refractivity contribution in [2.45, 2.75) is 30.0 Å². The lowest BCUT2D eigenvalue weighted by Crippen LogP contribution is -2.29. The smallest absolute Gasteiger partial charge is 0.301 e. The highest BCUT2D eigenvalue weighted by atomic mass is 32.2. The van der Waals surface area contributed by atoms with Crippen LogP contribution in [0.2, 0.25) is 0 Å². The van der Waals surface area contributed by atoms with Crippen LogP contribution in [-0.2, 0) is 15.3 Å². The van der Waals surface area contributed by atoms with Gasteiger partial charge in [-0.1, -0.05) is 83.8 Å². The fraction of sp³-hybridized carbons (Fsp3) is 0.152. The van der Waals surface area contributed by atoms with Gasteiger partial charge in [0.15, 0.2) is 15.8 Å². The lowest BCUT2D eigenvalue weighted by atomic mass is 9.95. The Balaban J connectivity index is 1.40. The van der Waals surface area contributed by atoms with Crippen molar-refractivity contribution in [3.8, 4) is 11.5 Å². The van der Waals surface area contributed by atoms with Crippen LogP contribution in [0.3, 0.4) is 0 Å². The molecule has 0 radical (unpaired) electrons. The van der Waals surface area contributed by atoms with Gasteiger partial charge in [-0.25, -0.2) is 4.39 Å². The van der Waals surface area contributed by atoms with Gasteiger partial charge in [-0.15, -0.1) is 10.2 Å². The zero-order valence-corrected chi connectivity index (χ0v) is 25.3. The Morgan fingerprint density at radius 1 is 1.05 bits per heavy atom. The van der Waals surface area contributed by atoms with Gasteiger partial charge < -0.3 is 14.9 Å². The van der Waals surface area contributed by atoms with Crippen LogP contribution in [0.1, 0.15) is 35.2 Å². The highest BCUT2D eigenvalue weighted by Crippen LogP contribution is 2.45. The molecule has 0 aliphatic carbocycles. The molecule has 222 valence electrons. The maximum Gasteiger partial charge on any atom is 0.301 e. The summed E-state index contributed by atoms with van der Waals surface area (Å²) in [5.74, 6) is -2.36. The number of ether oxygens (including phenoxy) is 1. The number of carbonyl (C=O) groups excluding carboxylic acids is 2. The molecule has 11 heteroatoms. The lowest BCUT2D eigenvalue weighted by molar-refractivity contribution is -0.132. The van der Waals surface area contributed by atoms with E-state index in [0.717, 1.165) is 33.7 Å². The standard InChI is InChI=1S/C33H26FN3O5S2/c1-3-42-26-16-20(13-14-25(26)38)28-27(29(39)21-12-11-18(2)24(34)15-21)30(40)31(41)37(28)32-35-36-33(44-32)43-17-22-9-6-8-19-7-4-5-10-23(19)22/h4-16,28,38-39H,3,17H2,1-2H3. The van der Waals surface area contributed by atoms with Crippen LogP contribution >= 0.6 is 23.1 Å². The lowest BCUT2D eigenvalue weighted by Gasteiger charge is -2.23. The van der Waals surface area contributed by atoms with Gasteiger partial charge in [-0.3, -0.25) is 14.5 Å². The molecule has 1 aliphatic heterocycles. The molecule has 8 nitrogen and oxygen atoms in total. The third-order valence-electron chi connectivity index (χ3n) is 7.32. The minimum Gasteiger partial charge on any atom is -0.507 e. The summed E-state index contributed by atoms with van der Waals surface area (Å²) in [5, 5.41) is 32.6. The summed E-state index contributed by atoms with van der Waals surface area (Å²) < 4.78 is 20.6. The number of rotatable bonds is 8. The Morgan fingerprint density at radius 2 is 1.84 bits per heavy atom. The van der Waals surface area contributed by atoms with Crippen molar-refractivity contribution in [1.29, 1.82) is 0 Å². The van der Waals surface area contributed by atoms with E-state index in [0.29, 0.717) is 21.2 Å². The Hall–Kier alpha value is -4.74. The van der Waals surface area contributed by atoms with Crippen LogP contribution in [0, 0.1) is 12.7 Å². The molecule has 5 aromatic rings. The number of Topliss-reactive ketones (excluding diaryl/α,β-unsaturated/α-hetero) is 1. The molecule has 4 aromatic carbocycles. The summed E-state index contributed by atoms with van der Waals surface area (Å²) in [7, 11) is 0. The van der Waals surface area contributed by atoms with Crippen molar-refractivity contribution in [3.05, 3.63) is 113 Å². The Bertz CT molecular complexity index is 1950. The molecule has 1 amide bonds. The number of aryl methyl sites for hydroxylation is 1. The maximum absolute atomic E-state index is 14.5. The number of aromatic hydroxyl groups is 1. The first-order chi connectivity index (χ1) is 21.3. The second-order valence-corrected chi connectivity index (χ2v) is 12.2. The summed E-state index contributed by atoms with van der Waals surface area (Å²) >= 11 is 2.59. The van der Waals surface area contributed by atoms with E-state index in [1.54, 1.807) is 13.8 Å². The summed E-state index contributed by atoms with van der Waals surface area (Å²) in [4.78, 5) is 28.3. The summed E-state index contributed by atoms with van der Waals surface area (Å²) in [6.07, 6.45) is 0. The Morgan fingerprint density at radius 3 is 2.64 bits per heavy atom. The minimum atomic E-state index is -1.15. The van der Waals surface area contributed by atoms with Crippen LogP contribution in [0.4, 0.5) is 9.52 Å². The number of carbonyl (C=O) groups is 2. The minimum absolute atomic E-state index is 0.0449. The van der Waals surface area contributed by atoms with Crippen molar-refractivity contribution in [1.82, 2.24) is 10.2 Å². The van der Waals surface area contributed by atoms with Gasteiger partial charge in [-0.05, 0) is 59.5 Å². The van der Waals surface area contributed by atoms with Crippen LogP contribution in [0.25, 0.3) is 16.5 Å². The van der Waals surface area contributed by atoms with Gasteiger partial charge in [0.2, 0.25) is 5.13 Å². The predicted octanol–water partition coefficient (Wildman–Crippen LogP) is 7.16. The SMILES string of the molecule is CCOc1cc(C2C(=C(O)c3ccc(C)c(F)c3)C(=O)C(=O)N2c2nnc(SCc3cccc4ccccc34)s2)ccc1O. The fourth-order valence-electron chi connectivity index (χ4n) is 5.13. The fourth-order valence-corrected chi connectivity index (χ4v) is 7.00. The molecule has 2 N–H and O–H groups in total. The molecule has 1 fully saturated rings. The van der Waals surface area contributed by atoms with E-state index in [1.165, 1.54) is 47.0 Å². The molecule has 44 heavy (non-hydrogen) atoms. The predicted molar refractivity (Wildman–Crippen MR) is 169 cm³/mol. The molecule has 2 heterocycles. The normalized spacial score (nSPS) is 16.2. The number of aliphatic hydroxyl groups is 1. The largest absolute Gasteiger partial charge is 0.507 e. The van der Waals surface area contributed by atoms with Crippen molar-refractivity contribution >= 4 is 56.5 Å². The second kappa shape index (κ2) is 12.1. The first-order valence-electron chi connectivity index (χ1n) is 13.7. The Kier molecular flexibility index (Phi) is 8.07. The molecular weight excluding hydrogens is 602 g/mol. The molecule has 1 unspecified atom stereocenters. The second-order valence-electron chi connectivity index (χ2n) is 10.1. The molecule has 1 aromatic heterocycles. The van der Waals surface area contributed by atoms with Gasteiger partial charge >= 0.3 is 5.91 Å². The molecule has 6 rings (SSSR count). The van der Waals surface area contributed by atoms with E-state index in [9.17, 15) is 24.2 Å². The third kappa shape index (κ3) is 5.40. The van der Waals surface area contributed by atoms with Gasteiger partial charge in [-0.2, -0.15) is 0 Å². The monoisotopic (exact) mass is 627 g/mol. The highest BCUT2D eigenvalue weighted by molar-refractivity contribution is 8.00. The van der Waals surface area contributed by atoms with Gasteiger partial charge in [0, 0.05) is 11.3 Å². The number of nitrogens with zero attached hydrogens (tertiary/aromatic N) is 3. The topological polar surface area (TPSA) is 113 Å².